The van der Waals surface area contributed by atoms with E-state index in [9.17, 15) is 5.11 Å². The molecule has 0 aromatic heterocycles. The lowest BCUT2D eigenvalue weighted by molar-refractivity contribution is 0.120. The molecule has 0 radical (unpaired) electrons. The lowest BCUT2D eigenvalue weighted by Crippen LogP contribution is -2.30. The van der Waals surface area contributed by atoms with Crippen molar-refractivity contribution in [2.24, 2.45) is 5.92 Å². The van der Waals surface area contributed by atoms with Crippen molar-refractivity contribution in [1.29, 1.82) is 0 Å². The van der Waals surface area contributed by atoms with Crippen LogP contribution in [0, 0.1) is 12.8 Å². The predicted octanol–water partition coefficient (Wildman–Crippen LogP) is 4.19. The zero-order valence-electron chi connectivity index (χ0n) is 13.2. The summed E-state index contributed by atoms with van der Waals surface area (Å²) in [5.74, 6) is 0.175. The van der Waals surface area contributed by atoms with Crippen LogP contribution in [0.25, 0.3) is 0 Å². The highest BCUT2D eigenvalue weighted by molar-refractivity contribution is 5.47. The molecule has 21 heavy (non-hydrogen) atoms. The zero-order valence-corrected chi connectivity index (χ0v) is 13.2. The van der Waals surface area contributed by atoms with Crippen LogP contribution in [0.4, 0.5) is 5.69 Å². The first-order valence-electron chi connectivity index (χ1n) is 7.66. The highest BCUT2D eigenvalue weighted by Crippen LogP contribution is 2.24. The molecular weight excluding hydrogens is 258 g/mol. The van der Waals surface area contributed by atoms with Crippen LogP contribution in [0.1, 0.15) is 31.1 Å². The topological polar surface area (TPSA) is 23.5 Å². The Balaban J connectivity index is 2.06. The Labute approximate surface area is 128 Å². The molecule has 0 aliphatic heterocycles. The third-order valence-electron chi connectivity index (χ3n) is 3.97. The van der Waals surface area contributed by atoms with Crippen LogP contribution in [0.15, 0.2) is 54.6 Å². The van der Waals surface area contributed by atoms with Crippen molar-refractivity contribution in [2.45, 2.75) is 26.9 Å². The summed E-state index contributed by atoms with van der Waals surface area (Å²) in [6, 6.07) is 18.5. The Kier molecular flexibility index (Phi) is 5.40. The minimum absolute atomic E-state index is 0.175. The Hall–Kier alpha value is -1.80. The number of aryl methyl sites for hydroxylation is 1. The molecular formula is C19H25NO. The molecule has 2 heteroatoms. The minimum atomic E-state index is -0.425. The lowest BCUT2D eigenvalue weighted by atomic mass is 9.96. The van der Waals surface area contributed by atoms with E-state index >= 15 is 0 Å². The summed E-state index contributed by atoms with van der Waals surface area (Å²) in [5.41, 5.74) is 3.48. The molecule has 112 valence electrons. The van der Waals surface area contributed by atoms with Gasteiger partial charge in [0, 0.05) is 24.7 Å². The van der Waals surface area contributed by atoms with E-state index in [0.29, 0.717) is 0 Å². The van der Waals surface area contributed by atoms with Gasteiger partial charge in [0.1, 0.15) is 0 Å². The highest BCUT2D eigenvalue weighted by Gasteiger charge is 2.19. The van der Waals surface area contributed by atoms with E-state index < -0.39 is 6.10 Å². The molecule has 0 amide bonds. The normalized spacial score (nSPS) is 13.7. The minimum Gasteiger partial charge on any atom is -0.388 e. The second-order valence-corrected chi connectivity index (χ2v) is 5.71. The number of benzene rings is 2. The molecule has 2 aromatic rings. The van der Waals surface area contributed by atoms with Crippen LogP contribution in [0.5, 0.6) is 0 Å². The molecule has 2 aromatic carbocycles. The van der Waals surface area contributed by atoms with E-state index in [4.69, 9.17) is 0 Å². The first-order chi connectivity index (χ1) is 10.1. The molecule has 2 rings (SSSR count). The van der Waals surface area contributed by atoms with E-state index in [1.54, 1.807) is 0 Å². The third kappa shape index (κ3) is 4.08. The maximum absolute atomic E-state index is 10.5. The average Bonchev–Trinajstić information content (AvgIpc) is 2.53. The third-order valence-corrected chi connectivity index (χ3v) is 3.97. The first-order valence-corrected chi connectivity index (χ1v) is 7.66. The highest BCUT2D eigenvalue weighted by atomic mass is 16.3. The van der Waals surface area contributed by atoms with Crippen molar-refractivity contribution in [1.82, 2.24) is 0 Å². The Morgan fingerprint density at radius 2 is 1.62 bits per heavy atom. The number of aliphatic hydroxyl groups excluding tert-OH is 1. The van der Waals surface area contributed by atoms with Gasteiger partial charge < -0.3 is 10.0 Å². The summed E-state index contributed by atoms with van der Waals surface area (Å²) in [6.07, 6.45) is -0.425. The maximum Gasteiger partial charge on any atom is 0.0832 e. The van der Waals surface area contributed by atoms with Gasteiger partial charge in [0.05, 0.1) is 6.10 Å². The van der Waals surface area contributed by atoms with Crippen molar-refractivity contribution in [3.05, 3.63) is 65.7 Å². The van der Waals surface area contributed by atoms with Crippen molar-refractivity contribution >= 4 is 5.69 Å². The van der Waals surface area contributed by atoms with Gasteiger partial charge in [-0.2, -0.15) is 0 Å². The molecule has 2 atom stereocenters. The van der Waals surface area contributed by atoms with Gasteiger partial charge in [0.25, 0.3) is 0 Å². The molecule has 2 unspecified atom stereocenters. The standard InChI is InChI=1S/C19H25NO/c1-4-20(18-12-10-15(2)11-13-18)14-16(3)19(21)17-8-6-5-7-9-17/h5-13,16,19,21H,4,14H2,1-3H3. The smallest absolute Gasteiger partial charge is 0.0832 e. The number of hydrogen-bond acceptors (Lipinski definition) is 2. The second-order valence-electron chi connectivity index (χ2n) is 5.71. The van der Waals surface area contributed by atoms with Gasteiger partial charge in [-0.1, -0.05) is 55.0 Å². The summed E-state index contributed by atoms with van der Waals surface area (Å²) in [6.45, 7) is 8.14. The molecule has 0 aliphatic carbocycles. The summed E-state index contributed by atoms with van der Waals surface area (Å²) in [7, 11) is 0. The Bertz CT molecular complexity index is 535. The van der Waals surface area contributed by atoms with Crippen molar-refractivity contribution < 1.29 is 5.11 Å². The Morgan fingerprint density at radius 3 is 2.19 bits per heavy atom. The van der Waals surface area contributed by atoms with Crippen LogP contribution in [-0.4, -0.2) is 18.2 Å². The van der Waals surface area contributed by atoms with Gasteiger partial charge in [-0.3, -0.25) is 0 Å². The fourth-order valence-electron chi connectivity index (χ4n) is 2.60. The number of nitrogens with zero attached hydrogens (tertiary/aromatic N) is 1. The molecule has 0 saturated carbocycles. The molecule has 1 N–H and O–H groups in total. The fourth-order valence-corrected chi connectivity index (χ4v) is 2.60. The first kappa shape index (κ1) is 15.6. The molecule has 0 saturated heterocycles. The monoisotopic (exact) mass is 283 g/mol. The fraction of sp³-hybridized carbons (Fsp3) is 0.368. The van der Waals surface area contributed by atoms with E-state index in [0.717, 1.165) is 18.7 Å². The largest absolute Gasteiger partial charge is 0.388 e. The zero-order chi connectivity index (χ0) is 15.2. The van der Waals surface area contributed by atoms with Crippen molar-refractivity contribution in [3.63, 3.8) is 0 Å². The van der Waals surface area contributed by atoms with E-state index in [-0.39, 0.29) is 5.92 Å². The van der Waals surface area contributed by atoms with E-state index in [1.165, 1.54) is 11.3 Å². The number of anilines is 1. The summed E-state index contributed by atoms with van der Waals surface area (Å²) < 4.78 is 0. The number of hydrogen-bond donors (Lipinski definition) is 1. The molecule has 0 aliphatic rings. The lowest BCUT2D eigenvalue weighted by Gasteiger charge is -2.29. The summed E-state index contributed by atoms with van der Waals surface area (Å²) >= 11 is 0. The van der Waals surface area contributed by atoms with Crippen LogP contribution >= 0.6 is 0 Å². The van der Waals surface area contributed by atoms with Gasteiger partial charge in [0.15, 0.2) is 0 Å². The average molecular weight is 283 g/mol. The van der Waals surface area contributed by atoms with E-state index in [1.807, 2.05) is 30.3 Å². The van der Waals surface area contributed by atoms with Gasteiger partial charge in [-0.05, 0) is 31.5 Å². The predicted molar refractivity (Wildman–Crippen MR) is 89.6 cm³/mol. The van der Waals surface area contributed by atoms with Gasteiger partial charge >= 0.3 is 0 Å². The number of rotatable bonds is 6. The van der Waals surface area contributed by atoms with Crippen LogP contribution in [0.2, 0.25) is 0 Å². The van der Waals surface area contributed by atoms with Crippen molar-refractivity contribution in [2.75, 3.05) is 18.0 Å². The van der Waals surface area contributed by atoms with Crippen molar-refractivity contribution in [3.8, 4) is 0 Å². The van der Waals surface area contributed by atoms with Crippen LogP contribution < -0.4 is 4.90 Å². The molecule has 0 fully saturated rings. The van der Waals surface area contributed by atoms with Gasteiger partial charge in [-0.25, -0.2) is 0 Å². The summed E-state index contributed by atoms with van der Waals surface area (Å²) in [5, 5.41) is 10.5. The molecule has 0 spiro atoms. The van der Waals surface area contributed by atoms with E-state index in [2.05, 4.69) is 49.9 Å². The molecule has 0 heterocycles. The SMILES string of the molecule is CCN(CC(C)C(O)c1ccccc1)c1ccc(C)cc1. The van der Waals surface area contributed by atoms with Crippen LogP contribution in [0.3, 0.4) is 0 Å². The van der Waals surface area contributed by atoms with Gasteiger partial charge in [-0.15, -0.1) is 0 Å². The van der Waals surface area contributed by atoms with Crippen LogP contribution in [-0.2, 0) is 0 Å². The second kappa shape index (κ2) is 7.28. The number of aliphatic hydroxyl groups is 1. The molecule has 0 bridgehead atoms. The quantitative estimate of drug-likeness (QED) is 0.859. The maximum atomic E-state index is 10.5. The summed E-state index contributed by atoms with van der Waals surface area (Å²) in [4.78, 5) is 2.32. The van der Waals surface area contributed by atoms with Gasteiger partial charge in [0.2, 0.25) is 0 Å². The molecule has 2 nitrogen and oxygen atoms in total. The Morgan fingerprint density at radius 1 is 1.00 bits per heavy atom.